The maximum atomic E-state index is 5.24. The number of hydrogen-bond acceptors (Lipinski definition) is 2. The molecule has 0 rings (SSSR count). The van der Waals surface area contributed by atoms with Crippen LogP contribution in [-0.2, 0) is 0 Å². The average molecular weight is 373 g/mol. The van der Waals surface area contributed by atoms with Gasteiger partial charge in [-0.05, 0) is 37.8 Å². The molecule has 0 spiro atoms. The molecule has 0 aliphatic heterocycles. The zero-order chi connectivity index (χ0) is 18.0. The van der Waals surface area contributed by atoms with Crippen molar-refractivity contribution in [3.8, 4) is 0 Å². The Balaban J connectivity index is 3.47. The summed E-state index contributed by atoms with van der Waals surface area (Å²) in [5.74, 6) is 0. The molecule has 0 bridgehead atoms. The number of hydrazine groups is 1. The van der Waals surface area contributed by atoms with Crippen LogP contribution in [0.1, 0.15) is 78.1 Å². The van der Waals surface area contributed by atoms with Crippen LogP contribution >= 0.6 is 24.4 Å². The van der Waals surface area contributed by atoms with E-state index in [-0.39, 0.29) is 0 Å². The summed E-state index contributed by atoms with van der Waals surface area (Å²) in [5.41, 5.74) is 5.74. The van der Waals surface area contributed by atoms with Crippen molar-refractivity contribution in [2.45, 2.75) is 84.1 Å². The summed E-state index contributed by atoms with van der Waals surface area (Å²) < 4.78 is 0. The van der Waals surface area contributed by atoms with Gasteiger partial charge in [-0.1, -0.05) is 70.8 Å². The quantitative estimate of drug-likeness (QED) is 0.167. The third-order valence-corrected chi connectivity index (χ3v) is 4.28. The molecule has 0 unspecified atom stereocenters. The van der Waals surface area contributed by atoms with Crippen molar-refractivity contribution in [3.05, 3.63) is 12.7 Å². The Morgan fingerprint density at radius 1 is 0.917 bits per heavy atom. The van der Waals surface area contributed by atoms with Crippen molar-refractivity contribution >= 4 is 34.7 Å². The fourth-order valence-corrected chi connectivity index (χ4v) is 2.80. The van der Waals surface area contributed by atoms with E-state index in [4.69, 9.17) is 24.4 Å². The van der Waals surface area contributed by atoms with E-state index in [9.17, 15) is 0 Å². The lowest BCUT2D eigenvalue weighted by atomic mass is 10.0. The molecule has 1 atom stereocenters. The summed E-state index contributed by atoms with van der Waals surface area (Å²) in [7, 11) is 0. The smallest absolute Gasteiger partial charge is 0.185 e. The van der Waals surface area contributed by atoms with Crippen molar-refractivity contribution < 1.29 is 0 Å². The van der Waals surface area contributed by atoms with Crippen LogP contribution < -0.4 is 21.5 Å². The van der Waals surface area contributed by atoms with E-state index in [0.29, 0.717) is 22.8 Å². The van der Waals surface area contributed by atoms with E-state index >= 15 is 0 Å². The minimum Gasteiger partial charge on any atom is -0.359 e. The predicted molar refractivity (Wildman–Crippen MR) is 114 cm³/mol. The van der Waals surface area contributed by atoms with Crippen molar-refractivity contribution in [2.24, 2.45) is 0 Å². The maximum Gasteiger partial charge on any atom is 0.185 e. The highest BCUT2D eigenvalue weighted by molar-refractivity contribution is 7.80. The van der Waals surface area contributed by atoms with Gasteiger partial charge in [-0.3, -0.25) is 10.9 Å². The Morgan fingerprint density at radius 2 is 1.46 bits per heavy atom. The van der Waals surface area contributed by atoms with Crippen molar-refractivity contribution in [1.29, 1.82) is 0 Å². The number of unbranched alkanes of at least 4 members (excludes halogenated alkanes) is 8. The van der Waals surface area contributed by atoms with Crippen LogP contribution in [0, 0.1) is 0 Å². The maximum absolute atomic E-state index is 5.24. The second-order valence-electron chi connectivity index (χ2n) is 6.24. The normalized spacial score (nSPS) is 11.4. The molecule has 0 aliphatic rings. The molecule has 0 aromatic rings. The van der Waals surface area contributed by atoms with Crippen LogP contribution in [0.3, 0.4) is 0 Å². The summed E-state index contributed by atoms with van der Waals surface area (Å²) >= 11 is 10.3. The van der Waals surface area contributed by atoms with Crippen LogP contribution in [0.25, 0.3) is 0 Å². The highest BCUT2D eigenvalue weighted by Crippen LogP contribution is 2.11. The Kier molecular flexibility index (Phi) is 16.3. The Hall–Kier alpha value is -0.880. The van der Waals surface area contributed by atoms with Crippen molar-refractivity contribution in [1.82, 2.24) is 21.5 Å². The number of hydrogen-bond donors (Lipinski definition) is 4. The Bertz CT molecular complexity index is 348. The van der Waals surface area contributed by atoms with Gasteiger partial charge in [0.2, 0.25) is 0 Å². The molecule has 24 heavy (non-hydrogen) atoms. The van der Waals surface area contributed by atoms with Crippen LogP contribution in [-0.4, -0.2) is 22.8 Å². The SMILES string of the molecule is C=CCNC(=S)NNC(=S)N[C@H](C)CCCCCCCCCCC. The predicted octanol–water partition coefficient (Wildman–Crippen LogP) is 4.33. The van der Waals surface area contributed by atoms with E-state index < -0.39 is 0 Å². The molecule has 0 radical (unpaired) electrons. The Morgan fingerprint density at radius 3 is 2.04 bits per heavy atom. The first-order chi connectivity index (χ1) is 11.6. The molecule has 4 nitrogen and oxygen atoms in total. The Labute approximate surface area is 159 Å². The van der Waals surface area contributed by atoms with Gasteiger partial charge >= 0.3 is 0 Å². The first-order valence-electron chi connectivity index (χ1n) is 9.31. The fraction of sp³-hybridized carbons (Fsp3) is 0.778. The average Bonchev–Trinajstić information content (AvgIpc) is 2.56. The molecule has 6 heteroatoms. The van der Waals surface area contributed by atoms with Crippen molar-refractivity contribution in [3.63, 3.8) is 0 Å². The zero-order valence-electron chi connectivity index (χ0n) is 15.5. The molecular formula is C18H36N4S2. The summed E-state index contributed by atoms with van der Waals surface area (Å²) in [6.45, 7) is 8.67. The van der Waals surface area contributed by atoms with Gasteiger partial charge in [-0.15, -0.1) is 6.58 Å². The van der Waals surface area contributed by atoms with E-state index in [1.54, 1.807) is 6.08 Å². The molecule has 0 heterocycles. The number of nitrogens with one attached hydrogen (secondary N) is 4. The number of rotatable bonds is 13. The zero-order valence-corrected chi connectivity index (χ0v) is 17.1. The molecule has 4 N–H and O–H groups in total. The molecule has 0 aliphatic carbocycles. The van der Waals surface area contributed by atoms with Gasteiger partial charge in [-0.2, -0.15) is 0 Å². The third-order valence-electron chi connectivity index (χ3n) is 3.81. The standard InChI is InChI=1S/C18H36N4S2/c1-4-6-7-8-9-10-11-12-13-14-16(3)20-18(24)22-21-17(23)19-15-5-2/h5,16H,2,4,6-15H2,1,3H3,(H2,19,21,23)(H2,20,22,24)/t16-/m1/s1. The number of thiocarbonyl (C=S) groups is 2. The lowest BCUT2D eigenvalue weighted by Gasteiger charge is -2.18. The van der Waals surface area contributed by atoms with E-state index in [0.717, 1.165) is 6.42 Å². The van der Waals surface area contributed by atoms with Gasteiger partial charge in [0.05, 0.1) is 0 Å². The van der Waals surface area contributed by atoms with Gasteiger partial charge in [0.25, 0.3) is 0 Å². The summed E-state index contributed by atoms with van der Waals surface area (Å²) in [6, 6.07) is 0.367. The summed E-state index contributed by atoms with van der Waals surface area (Å²) in [5, 5.41) is 7.31. The third kappa shape index (κ3) is 16.0. The largest absolute Gasteiger partial charge is 0.359 e. The lowest BCUT2D eigenvalue weighted by molar-refractivity contribution is 0.518. The molecule has 0 fully saturated rings. The highest BCUT2D eigenvalue weighted by atomic mass is 32.1. The summed E-state index contributed by atoms with van der Waals surface area (Å²) in [6.07, 6.45) is 15.1. The van der Waals surface area contributed by atoms with E-state index in [1.807, 2.05) is 0 Å². The van der Waals surface area contributed by atoms with Gasteiger partial charge in [0.1, 0.15) is 0 Å². The lowest BCUT2D eigenvalue weighted by Crippen LogP contribution is -2.51. The van der Waals surface area contributed by atoms with E-state index in [2.05, 4.69) is 41.9 Å². The van der Waals surface area contributed by atoms with Crippen LogP contribution in [0.5, 0.6) is 0 Å². The molecule has 0 aromatic carbocycles. The molecule has 0 saturated heterocycles. The van der Waals surface area contributed by atoms with Gasteiger partial charge in [0.15, 0.2) is 10.2 Å². The fourth-order valence-electron chi connectivity index (χ4n) is 2.42. The monoisotopic (exact) mass is 372 g/mol. The molecule has 140 valence electrons. The minimum absolute atomic E-state index is 0.367. The first kappa shape index (κ1) is 23.1. The minimum atomic E-state index is 0.367. The van der Waals surface area contributed by atoms with Crippen LogP contribution in [0.2, 0.25) is 0 Å². The highest BCUT2D eigenvalue weighted by Gasteiger charge is 2.04. The van der Waals surface area contributed by atoms with Crippen LogP contribution in [0.15, 0.2) is 12.7 Å². The van der Waals surface area contributed by atoms with Gasteiger partial charge in [-0.25, -0.2) is 0 Å². The van der Waals surface area contributed by atoms with Crippen LogP contribution in [0.4, 0.5) is 0 Å². The molecular weight excluding hydrogens is 336 g/mol. The van der Waals surface area contributed by atoms with Gasteiger partial charge < -0.3 is 10.6 Å². The second kappa shape index (κ2) is 17.0. The second-order valence-corrected chi connectivity index (χ2v) is 7.06. The molecule has 0 saturated carbocycles. The molecule has 0 amide bonds. The first-order valence-corrected chi connectivity index (χ1v) is 10.1. The molecule has 0 aromatic heterocycles. The summed E-state index contributed by atoms with van der Waals surface area (Å²) in [4.78, 5) is 0. The van der Waals surface area contributed by atoms with E-state index in [1.165, 1.54) is 57.8 Å². The topological polar surface area (TPSA) is 48.1 Å². The van der Waals surface area contributed by atoms with Crippen molar-refractivity contribution in [2.75, 3.05) is 6.54 Å². The van der Waals surface area contributed by atoms with Gasteiger partial charge in [0, 0.05) is 12.6 Å².